The number of amides is 1. The zero-order valence-electron chi connectivity index (χ0n) is 13.7. The molecule has 2 saturated carbocycles. The van der Waals surface area contributed by atoms with Crippen molar-refractivity contribution in [3.63, 3.8) is 0 Å². The van der Waals surface area contributed by atoms with E-state index in [4.69, 9.17) is 10.5 Å². The molecule has 2 atom stereocenters. The van der Waals surface area contributed by atoms with Gasteiger partial charge in [-0.25, -0.2) is 4.79 Å². The molecule has 2 aliphatic carbocycles. The quantitative estimate of drug-likeness (QED) is 0.833. The van der Waals surface area contributed by atoms with Crippen molar-refractivity contribution in [1.29, 1.82) is 0 Å². The molecular formula is C17H25N3O3. The van der Waals surface area contributed by atoms with Crippen LogP contribution in [0.15, 0.2) is 12.3 Å². The standard InChI is InChI=1S/C17H25N3O3/c1-20-9-13(8-14(20)17(22)23-2)19-16(21)12-6-10-4-3-5-11(7-12)15(10)18/h8-12,15H,3-7,18H2,1-2H3,(H,19,21). The van der Waals surface area contributed by atoms with Crippen LogP contribution in [-0.4, -0.2) is 29.6 Å². The van der Waals surface area contributed by atoms with Gasteiger partial charge in [-0.15, -0.1) is 0 Å². The Morgan fingerprint density at radius 3 is 2.57 bits per heavy atom. The summed E-state index contributed by atoms with van der Waals surface area (Å²) in [6.07, 6.45) is 7.00. The molecule has 2 bridgehead atoms. The first kappa shape index (κ1) is 16.1. The predicted octanol–water partition coefficient (Wildman–Crippen LogP) is 1.90. The van der Waals surface area contributed by atoms with Crippen LogP contribution in [0.2, 0.25) is 0 Å². The number of carbonyl (C=O) groups is 2. The SMILES string of the molecule is COC(=O)c1cc(NC(=O)C2CC3CCCC(C2)C3N)cn1C. The summed E-state index contributed by atoms with van der Waals surface area (Å²) in [5.41, 5.74) is 7.34. The molecule has 1 aromatic heterocycles. The van der Waals surface area contributed by atoms with Crippen molar-refractivity contribution in [1.82, 2.24) is 4.57 Å². The van der Waals surface area contributed by atoms with Gasteiger partial charge in [-0.3, -0.25) is 4.79 Å². The summed E-state index contributed by atoms with van der Waals surface area (Å²) in [6, 6.07) is 1.91. The number of esters is 1. The number of anilines is 1. The van der Waals surface area contributed by atoms with E-state index in [2.05, 4.69) is 5.32 Å². The lowest BCUT2D eigenvalue weighted by molar-refractivity contribution is -0.122. The molecule has 1 heterocycles. The molecule has 0 spiro atoms. The maximum Gasteiger partial charge on any atom is 0.354 e. The highest BCUT2D eigenvalue weighted by Crippen LogP contribution is 2.42. The fourth-order valence-corrected chi connectivity index (χ4v) is 4.19. The lowest BCUT2D eigenvalue weighted by Crippen LogP contribution is -2.48. The Balaban J connectivity index is 1.67. The van der Waals surface area contributed by atoms with Crippen LogP contribution in [0.25, 0.3) is 0 Å². The van der Waals surface area contributed by atoms with Crippen LogP contribution < -0.4 is 11.1 Å². The summed E-state index contributed by atoms with van der Waals surface area (Å²) >= 11 is 0. The van der Waals surface area contributed by atoms with E-state index < -0.39 is 5.97 Å². The summed E-state index contributed by atoms with van der Waals surface area (Å²) in [7, 11) is 3.10. The molecule has 0 radical (unpaired) electrons. The summed E-state index contributed by atoms with van der Waals surface area (Å²) < 4.78 is 6.39. The van der Waals surface area contributed by atoms with Crippen LogP contribution in [-0.2, 0) is 16.6 Å². The third-order valence-electron chi connectivity index (χ3n) is 5.45. The molecule has 2 fully saturated rings. The molecule has 2 aliphatic rings. The van der Waals surface area contributed by atoms with E-state index in [0.717, 1.165) is 25.7 Å². The fraction of sp³-hybridized carbons (Fsp3) is 0.647. The minimum absolute atomic E-state index is 0.0203. The first-order valence-electron chi connectivity index (χ1n) is 8.30. The van der Waals surface area contributed by atoms with E-state index in [9.17, 15) is 9.59 Å². The van der Waals surface area contributed by atoms with Gasteiger partial charge in [0, 0.05) is 25.2 Å². The Labute approximate surface area is 136 Å². The number of hydrogen-bond acceptors (Lipinski definition) is 4. The molecule has 0 aliphatic heterocycles. The number of aromatic nitrogens is 1. The van der Waals surface area contributed by atoms with Gasteiger partial charge >= 0.3 is 5.97 Å². The van der Waals surface area contributed by atoms with E-state index in [1.54, 1.807) is 23.9 Å². The average molecular weight is 319 g/mol. The first-order chi connectivity index (χ1) is 11.0. The van der Waals surface area contributed by atoms with Crippen molar-refractivity contribution in [3.8, 4) is 0 Å². The zero-order chi connectivity index (χ0) is 16.6. The maximum absolute atomic E-state index is 12.6. The van der Waals surface area contributed by atoms with E-state index in [1.165, 1.54) is 13.5 Å². The topological polar surface area (TPSA) is 86.3 Å². The number of nitrogens with one attached hydrogen (secondary N) is 1. The molecule has 6 nitrogen and oxygen atoms in total. The number of nitrogens with two attached hydrogens (primary N) is 1. The number of rotatable bonds is 3. The second kappa shape index (κ2) is 6.35. The Hall–Kier alpha value is -1.82. The highest BCUT2D eigenvalue weighted by molar-refractivity contribution is 5.95. The van der Waals surface area contributed by atoms with E-state index in [0.29, 0.717) is 23.2 Å². The van der Waals surface area contributed by atoms with Gasteiger partial charge in [0.1, 0.15) is 5.69 Å². The minimum Gasteiger partial charge on any atom is -0.464 e. The number of fused-ring (bicyclic) bond motifs is 2. The van der Waals surface area contributed by atoms with Gasteiger partial charge in [0.2, 0.25) is 5.91 Å². The van der Waals surface area contributed by atoms with Gasteiger partial charge in [-0.1, -0.05) is 6.42 Å². The number of aryl methyl sites for hydroxylation is 1. The van der Waals surface area contributed by atoms with Crippen molar-refractivity contribution in [2.24, 2.45) is 30.5 Å². The van der Waals surface area contributed by atoms with Gasteiger partial charge < -0.3 is 20.4 Å². The third kappa shape index (κ3) is 3.13. The summed E-state index contributed by atoms with van der Waals surface area (Å²) in [6.45, 7) is 0. The van der Waals surface area contributed by atoms with Crippen molar-refractivity contribution in [3.05, 3.63) is 18.0 Å². The largest absolute Gasteiger partial charge is 0.464 e. The van der Waals surface area contributed by atoms with Crippen LogP contribution in [0.4, 0.5) is 5.69 Å². The lowest BCUT2D eigenvalue weighted by Gasteiger charge is -2.43. The third-order valence-corrected chi connectivity index (χ3v) is 5.45. The molecular weight excluding hydrogens is 294 g/mol. The molecule has 3 rings (SSSR count). The molecule has 3 N–H and O–H groups in total. The molecule has 0 aromatic carbocycles. The monoisotopic (exact) mass is 319 g/mol. The van der Waals surface area contributed by atoms with Gasteiger partial charge in [-0.2, -0.15) is 0 Å². The first-order valence-corrected chi connectivity index (χ1v) is 8.30. The van der Waals surface area contributed by atoms with Gasteiger partial charge in [-0.05, 0) is 43.6 Å². The normalized spacial score (nSPS) is 29.9. The van der Waals surface area contributed by atoms with Crippen LogP contribution in [0.3, 0.4) is 0 Å². The van der Waals surface area contributed by atoms with Gasteiger partial charge in [0.25, 0.3) is 0 Å². The molecule has 1 aromatic rings. The average Bonchev–Trinajstić information content (AvgIpc) is 2.86. The number of methoxy groups -OCH3 is 1. The molecule has 6 heteroatoms. The Morgan fingerprint density at radius 2 is 1.96 bits per heavy atom. The predicted molar refractivity (Wildman–Crippen MR) is 86.9 cm³/mol. The van der Waals surface area contributed by atoms with Crippen LogP contribution in [0.5, 0.6) is 0 Å². The number of hydrogen-bond donors (Lipinski definition) is 2. The Morgan fingerprint density at radius 1 is 1.30 bits per heavy atom. The second-order valence-corrected chi connectivity index (χ2v) is 6.90. The molecule has 23 heavy (non-hydrogen) atoms. The maximum atomic E-state index is 12.6. The van der Waals surface area contributed by atoms with Crippen LogP contribution in [0.1, 0.15) is 42.6 Å². The Kier molecular flexibility index (Phi) is 4.43. The lowest BCUT2D eigenvalue weighted by atomic mass is 9.65. The smallest absolute Gasteiger partial charge is 0.354 e. The van der Waals surface area contributed by atoms with Crippen molar-refractivity contribution in [2.45, 2.75) is 38.1 Å². The van der Waals surface area contributed by atoms with Crippen molar-refractivity contribution < 1.29 is 14.3 Å². The Bertz CT molecular complexity index is 596. The molecule has 1 amide bonds. The minimum atomic E-state index is -0.411. The van der Waals surface area contributed by atoms with Crippen LogP contribution >= 0.6 is 0 Å². The van der Waals surface area contributed by atoms with Gasteiger partial charge in [0.15, 0.2) is 0 Å². The summed E-state index contributed by atoms with van der Waals surface area (Å²) in [5, 5.41) is 2.95. The molecule has 126 valence electrons. The number of ether oxygens (including phenoxy) is 1. The van der Waals surface area contributed by atoms with Crippen molar-refractivity contribution in [2.75, 3.05) is 12.4 Å². The number of carbonyl (C=O) groups excluding carboxylic acids is 2. The summed E-state index contributed by atoms with van der Waals surface area (Å²) in [5.74, 6) is 0.591. The van der Waals surface area contributed by atoms with Crippen molar-refractivity contribution >= 4 is 17.6 Å². The second-order valence-electron chi connectivity index (χ2n) is 6.90. The molecule has 0 saturated heterocycles. The van der Waals surface area contributed by atoms with Gasteiger partial charge in [0.05, 0.1) is 12.8 Å². The number of nitrogens with zero attached hydrogens (tertiary/aromatic N) is 1. The zero-order valence-corrected chi connectivity index (χ0v) is 13.7. The van der Waals surface area contributed by atoms with Crippen LogP contribution in [0, 0.1) is 17.8 Å². The highest BCUT2D eigenvalue weighted by atomic mass is 16.5. The van der Waals surface area contributed by atoms with E-state index >= 15 is 0 Å². The van der Waals surface area contributed by atoms with E-state index in [1.807, 2.05) is 0 Å². The molecule has 2 unspecified atom stereocenters. The fourth-order valence-electron chi connectivity index (χ4n) is 4.19. The van der Waals surface area contributed by atoms with E-state index in [-0.39, 0.29) is 17.9 Å². The summed E-state index contributed by atoms with van der Waals surface area (Å²) in [4.78, 5) is 24.2. The highest BCUT2D eigenvalue weighted by Gasteiger charge is 2.40.